The molecule has 3 aromatic carbocycles. The van der Waals surface area contributed by atoms with E-state index in [1.165, 1.54) is 18.2 Å². The van der Waals surface area contributed by atoms with E-state index in [9.17, 15) is 17.8 Å². The number of rotatable bonds is 4. The summed E-state index contributed by atoms with van der Waals surface area (Å²) in [6.45, 7) is 0. The van der Waals surface area contributed by atoms with Crippen molar-refractivity contribution in [2.75, 3.05) is 0 Å². The third kappa shape index (κ3) is 3.77. The van der Waals surface area contributed by atoms with Gasteiger partial charge in [0.05, 0.1) is 4.91 Å². The van der Waals surface area contributed by atoms with Crippen LogP contribution < -0.4 is 9.46 Å². The van der Waals surface area contributed by atoms with Gasteiger partial charge in [-0.1, -0.05) is 30.3 Å². The van der Waals surface area contributed by atoms with Gasteiger partial charge in [0, 0.05) is 12.1 Å². The van der Waals surface area contributed by atoms with Crippen molar-refractivity contribution in [3.05, 3.63) is 95.1 Å². The monoisotopic (exact) mass is 437 g/mol. The molecule has 3 aromatic rings. The lowest BCUT2D eigenvalue weighted by molar-refractivity contribution is -0.114. The summed E-state index contributed by atoms with van der Waals surface area (Å²) in [6, 6.07) is 16.3. The second kappa shape index (κ2) is 7.74. The molecule has 2 atom stereocenters. The maximum absolute atomic E-state index is 13.7. The summed E-state index contributed by atoms with van der Waals surface area (Å²) in [4.78, 5) is 11.8. The summed E-state index contributed by atoms with van der Waals surface area (Å²) in [5.41, 5.74) is 4.04. The van der Waals surface area contributed by atoms with Crippen molar-refractivity contribution >= 4 is 21.8 Å². The molecular weight excluding hydrogens is 420 g/mol. The van der Waals surface area contributed by atoms with E-state index in [1.54, 1.807) is 24.3 Å². The van der Waals surface area contributed by atoms with Crippen molar-refractivity contribution in [1.29, 1.82) is 0 Å². The van der Waals surface area contributed by atoms with Crippen LogP contribution in [0.1, 0.15) is 29.2 Å². The van der Waals surface area contributed by atoms with E-state index in [-0.39, 0.29) is 12.0 Å². The van der Waals surface area contributed by atoms with Gasteiger partial charge in [-0.15, -0.1) is 0 Å². The van der Waals surface area contributed by atoms with E-state index >= 15 is 0 Å². The van der Waals surface area contributed by atoms with Crippen LogP contribution in [0.2, 0.25) is 0 Å². The number of hydrogen-bond donors (Lipinski definition) is 1. The lowest BCUT2D eigenvalue weighted by Crippen LogP contribution is -2.16. The van der Waals surface area contributed by atoms with Crippen LogP contribution in [0.3, 0.4) is 0 Å². The molecule has 31 heavy (non-hydrogen) atoms. The molecule has 1 aliphatic carbocycles. The van der Waals surface area contributed by atoms with Crippen molar-refractivity contribution in [1.82, 2.24) is 4.72 Å². The normalized spacial score (nSPS) is 19.7. The van der Waals surface area contributed by atoms with Gasteiger partial charge in [-0.2, -0.15) is 0 Å². The summed E-state index contributed by atoms with van der Waals surface area (Å²) in [5, 5.41) is 0. The summed E-state index contributed by atoms with van der Waals surface area (Å²) in [7, 11) is -1.54. The van der Waals surface area contributed by atoms with E-state index in [2.05, 4.69) is 4.72 Å². The number of carbonyl (C=O) groups excluding carboxylic acids is 1. The van der Waals surface area contributed by atoms with Crippen LogP contribution in [0.4, 0.5) is 8.78 Å². The van der Waals surface area contributed by atoms with Gasteiger partial charge in [0.1, 0.15) is 23.5 Å². The number of ether oxygens (including phenoxy) is 1. The molecule has 4 nitrogen and oxygen atoms in total. The molecule has 2 aliphatic rings. The largest absolute Gasteiger partial charge is 0.486 e. The molecular formula is C24H17F2NO3S. The molecule has 1 heterocycles. The molecule has 1 aliphatic heterocycles. The predicted octanol–water partition coefficient (Wildman–Crippen LogP) is 4.83. The zero-order valence-corrected chi connectivity index (χ0v) is 17.0. The van der Waals surface area contributed by atoms with Gasteiger partial charge in [0.25, 0.3) is 5.91 Å². The Morgan fingerprint density at radius 2 is 1.71 bits per heavy atom. The Morgan fingerprint density at radius 3 is 2.39 bits per heavy atom. The van der Waals surface area contributed by atoms with Gasteiger partial charge in [-0.25, -0.2) is 13.0 Å². The number of hydrogen-bond acceptors (Lipinski definition) is 3. The van der Waals surface area contributed by atoms with Crippen LogP contribution >= 0.6 is 0 Å². The maximum atomic E-state index is 13.7. The third-order valence-corrected chi connectivity index (χ3v) is 6.60. The van der Waals surface area contributed by atoms with E-state index in [4.69, 9.17) is 4.74 Å². The minimum absolute atomic E-state index is 0.178. The Kier molecular flexibility index (Phi) is 4.90. The first kappa shape index (κ1) is 19.6. The highest BCUT2D eigenvalue weighted by atomic mass is 32.2. The van der Waals surface area contributed by atoms with Crippen LogP contribution in [-0.2, 0) is 22.2 Å². The highest BCUT2D eigenvalue weighted by molar-refractivity contribution is 7.93. The van der Waals surface area contributed by atoms with Crippen LogP contribution in [0.5, 0.6) is 5.75 Å². The Hall–Kier alpha value is -3.32. The first-order chi connectivity index (χ1) is 15.0. The molecule has 0 saturated heterocycles. The van der Waals surface area contributed by atoms with Crippen molar-refractivity contribution < 1.29 is 22.5 Å². The number of nitrogens with one attached hydrogen (secondary N) is 1. The topological polar surface area (TPSA) is 55.4 Å². The fraction of sp³-hybridized carbons (Fsp3) is 0.125. The highest BCUT2D eigenvalue weighted by Crippen LogP contribution is 2.40. The Balaban J connectivity index is 1.39. The van der Waals surface area contributed by atoms with Gasteiger partial charge in [-0.3, -0.25) is 9.52 Å². The summed E-state index contributed by atoms with van der Waals surface area (Å²) < 4.78 is 47.8. The van der Waals surface area contributed by atoms with E-state index in [0.29, 0.717) is 21.8 Å². The predicted molar refractivity (Wildman–Crippen MR) is 114 cm³/mol. The Labute approximate surface area is 180 Å². The van der Waals surface area contributed by atoms with Crippen molar-refractivity contribution in [3.8, 4) is 16.9 Å². The summed E-state index contributed by atoms with van der Waals surface area (Å²) in [5.74, 6) is -0.930. The molecule has 0 radical (unpaired) electrons. The number of benzene rings is 3. The van der Waals surface area contributed by atoms with Gasteiger partial charge in [-0.05, 0) is 64.9 Å². The van der Waals surface area contributed by atoms with Crippen molar-refractivity contribution in [3.63, 3.8) is 0 Å². The van der Waals surface area contributed by atoms with Crippen LogP contribution in [-0.4, -0.2) is 10.1 Å². The Morgan fingerprint density at radius 1 is 0.968 bits per heavy atom. The maximum Gasteiger partial charge on any atom is 0.257 e. The minimum Gasteiger partial charge on any atom is -0.486 e. The Bertz CT molecular complexity index is 1230. The first-order valence-corrected chi connectivity index (χ1v) is 10.9. The number of carbonyl (C=O) groups is 1. The second-order valence-electron chi connectivity index (χ2n) is 7.44. The fourth-order valence-electron chi connectivity index (χ4n) is 4.12. The summed E-state index contributed by atoms with van der Waals surface area (Å²) in [6.07, 6.45) is 2.64. The number of halogens is 2. The molecule has 5 rings (SSSR count). The molecule has 0 saturated carbocycles. The molecule has 0 spiro atoms. The number of fused-ring (bicyclic) bond motifs is 1. The molecule has 7 heteroatoms. The molecule has 0 fully saturated rings. The van der Waals surface area contributed by atoms with Crippen molar-refractivity contribution in [2.45, 2.75) is 18.9 Å². The number of amides is 1. The highest BCUT2D eigenvalue weighted by Gasteiger charge is 2.27. The van der Waals surface area contributed by atoms with Gasteiger partial charge >= 0.3 is 0 Å². The molecule has 156 valence electrons. The quantitative estimate of drug-likeness (QED) is 0.636. The van der Waals surface area contributed by atoms with Gasteiger partial charge < -0.3 is 4.74 Å². The third-order valence-electron chi connectivity index (χ3n) is 5.46. The molecule has 0 aromatic heterocycles. The molecule has 0 bridgehead atoms. The fourth-order valence-corrected chi connectivity index (χ4v) is 5.04. The molecule has 1 amide bonds. The SMILES string of the molecule is O=C1C=C(c2ccc(O[C@@H]3CCc4c(-c5cc(F)cc(F)c5)cccc43)cc2)S(=O)N1. The average Bonchev–Trinajstić information content (AvgIpc) is 3.30. The summed E-state index contributed by atoms with van der Waals surface area (Å²) >= 11 is 0. The lowest BCUT2D eigenvalue weighted by Gasteiger charge is -2.16. The average molecular weight is 437 g/mol. The van der Waals surface area contributed by atoms with Crippen LogP contribution in [0.15, 0.2) is 66.7 Å². The zero-order chi connectivity index (χ0) is 21.5. The van der Waals surface area contributed by atoms with E-state index in [0.717, 1.165) is 35.6 Å². The van der Waals surface area contributed by atoms with Gasteiger partial charge in [0.15, 0.2) is 11.0 Å². The minimum atomic E-state index is -1.54. The standard InChI is InChI=1S/C24H17F2NO3S/c25-16-10-15(11-17(26)12-16)19-2-1-3-21-20(19)8-9-22(21)30-18-6-4-14(5-7-18)23-13-24(28)27-31(23)29/h1-7,10-13,22H,8-9H2,(H,27,28)/t22-,31?/m1/s1. The van der Waals surface area contributed by atoms with E-state index in [1.807, 2.05) is 18.2 Å². The first-order valence-electron chi connectivity index (χ1n) is 9.77. The van der Waals surface area contributed by atoms with Crippen LogP contribution in [0.25, 0.3) is 16.0 Å². The zero-order valence-electron chi connectivity index (χ0n) is 16.2. The van der Waals surface area contributed by atoms with Gasteiger partial charge in [0.2, 0.25) is 0 Å². The van der Waals surface area contributed by atoms with Crippen LogP contribution in [0, 0.1) is 11.6 Å². The lowest BCUT2D eigenvalue weighted by atomic mass is 9.96. The van der Waals surface area contributed by atoms with Crippen molar-refractivity contribution in [2.24, 2.45) is 0 Å². The second-order valence-corrected chi connectivity index (χ2v) is 8.63. The van der Waals surface area contributed by atoms with E-state index < -0.39 is 22.6 Å². The molecule has 1 unspecified atom stereocenters. The molecule has 1 N–H and O–H groups in total. The smallest absolute Gasteiger partial charge is 0.257 e.